The first-order valence-corrected chi connectivity index (χ1v) is 8.38. The fourth-order valence-corrected chi connectivity index (χ4v) is 4.32. The Bertz CT molecular complexity index is 562. The molecule has 3 rings (SSSR count). The first kappa shape index (κ1) is 12.9. The summed E-state index contributed by atoms with van der Waals surface area (Å²) in [6, 6.07) is 5.26. The molecule has 2 heterocycles. The van der Waals surface area contributed by atoms with Gasteiger partial charge in [-0.1, -0.05) is 6.42 Å². The lowest BCUT2D eigenvalue weighted by Gasteiger charge is -2.26. The molecule has 0 atom stereocenters. The summed E-state index contributed by atoms with van der Waals surface area (Å²) < 4.78 is 32.3. The number of fused-ring (bicyclic) bond motifs is 1. The van der Waals surface area contributed by atoms with Gasteiger partial charge in [0.1, 0.15) is 5.75 Å². The van der Waals surface area contributed by atoms with Gasteiger partial charge in [0.2, 0.25) is 10.0 Å². The van der Waals surface area contributed by atoms with Crippen LogP contribution in [0.2, 0.25) is 0 Å². The molecule has 0 aromatic heterocycles. The molecule has 0 unspecified atom stereocenters. The van der Waals surface area contributed by atoms with Crippen LogP contribution in [-0.4, -0.2) is 32.4 Å². The second-order valence-corrected chi connectivity index (χ2v) is 7.12. The predicted molar refractivity (Wildman–Crippen MR) is 72.9 cm³/mol. The summed E-state index contributed by atoms with van der Waals surface area (Å²) in [5, 5.41) is 0. The van der Waals surface area contributed by atoms with Gasteiger partial charge in [0.15, 0.2) is 0 Å². The quantitative estimate of drug-likeness (QED) is 0.835. The molecule has 2 aliphatic heterocycles. The summed E-state index contributed by atoms with van der Waals surface area (Å²) in [5.41, 5.74) is 1.02. The molecule has 0 aliphatic carbocycles. The van der Waals surface area contributed by atoms with E-state index < -0.39 is 10.0 Å². The number of sulfonamides is 1. The maximum absolute atomic E-state index is 12.6. The largest absolute Gasteiger partial charge is 0.493 e. The number of piperidine rings is 1. The third-order valence-corrected chi connectivity index (χ3v) is 5.73. The highest BCUT2D eigenvalue weighted by Gasteiger charge is 2.26. The summed E-state index contributed by atoms with van der Waals surface area (Å²) in [6.07, 6.45) is 4.92. The number of ether oxygens (including phenoxy) is 1. The van der Waals surface area contributed by atoms with Crippen molar-refractivity contribution in [2.45, 2.75) is 37.0 Å². The van der Waals surface area contributed by atoms with Crippen LogP contribution in [-0.2, 0) is 16.4 Å². The second kappa shape index (κ2) is 5.13. The van der Waals surface area contributed by atoms with E-state index in [1.54, 1.807) is 22.5 Å². The molecule has 0 radical (unpaired) electrons. The number of hydrogen-bond donors (Lipinski definition) is 0. The molecule has 2 aliphatic rings. The van der Waals surface area contributed by atoms with Crippen LogP contribution < -0.4 is 4.74 Å². The SMILES string of the molecule is O=S(=O)(c1ccc2c(c1)CCCO2)N1CCCCC1. The molecule has 4 nitrogen and oxygen atoms in total. The van der Waals surface area contributed by atoms with Gasteiger partial charge in [-0.3, -0.25) is 0 Å². The number of benzene rings is 1. The van der Waals surface area contributed by atoms with Crippen LogP contribution in [0.25, 0.3) is 0 Å². The average Bonchev–Trinajstić information content (AvgIpc) is 2.47. The molecule has 0 spiro atoms. The average molecular weight is 281 g/mol. The highest BCUT2D eigenvalue weighted by molar-refractivity contribution is 7.89. The second-order valence-electron chi connectivity index (χ2n) is 5.19. The Morgan fingerprint density at radius 2 is 1.84 bits per heavy atom. The van der Waals surface area contributed by atoms with Gasteiger partial charge in [-0.25, -0.2) is 8.42 Å². The summed E-state index contributed by atoms with van der Waals surface area (Å²) in [5.74, 6) is 0.837. The normalized spacial score (nSPS) is 20.6. The Balaban J connectivity index is 1.92. The zero-order chi connectivity index (χ0) is 13.3. The predicted octanol–water partition coefficient (Wildman–Crippen LogP) is 2.19. The molecule has 104 valence electrons. The lowest BCUT2D eigenvalue weighted by Crippen LogP contribution is -2.35. The number of hydrogen-bond acceptors (Lipinski definition) is 3. The standard InChI is InChI=1S/C14H19NO3S/c16-19(17,15-8-2-1-3-9-15)13-6-7-14-12(11-13)5-4-10-18-14/h6-7,11H,1-5,8-10H2. The van der Waals surface area contributed by atoms with Crippen LogP contribution in [0.4, 0.5) is 0 Å². The molecule has 0 saturated carbocycles. The van der Waals surface area contributed by atoms with E-state index in [0.29, 0.717) is 18.0 Å². The third kappa shape index (κ3) is 2.49. The topological polar surface area (TPSA) is 46.6 Å². The molecule has 0 amide bonds. The van der Waals surface area contributed by atoms with Gasteiger partial charge in [-0.2, -0.15) is 4.31 Å². The summed E-state index contributed by atoms with van der Waals surface area (Å²) in [4.78, 5) is 0.415. The Morgan fingerprint density at radius 3 is 2.63 bits per heavy atom. The summed E-state index contributed by atoms with van der Waals surface area (Å²) in [7, 11) is -3.32. The van der Waals surface area contributed by atoms with Gasteiger partial charge in [0.25, 0.3) is 0 Å². The van der Waals surface area contributed by atoms with Crippen molar-refractivity contribution in [2.24, 2.45) is 0 Å². The molecular formula is C14H19NO3S. The van der Waals surface area contributed by atoms with E-state index in [0.717, 1.165) is 50.0 Å². The van der Waals surface area contributed by atoms with Gasteiger partial charge >= 0.3 is 0 Å². The van der Waals surface area contributed by atoms with Crippen LogP contribution in [0.1, 0.15) is 31.2 Å². The first-order valence-electron chi connectivity index (χ1n) is 6.94. The smallest absolute Gasteiger partial charge is 0.243 e. The van der Waals surface area contributed by atoms with E-state index in [9.17, 15) is 8.42 Å². The molecule has 0 bridgehead atoms. The first-order chi connectivity index (χ1) is 9.18. The van der Waals surface area contributed by atoms with Gasteiger partial charge < -0.3 is 4.74 Å². The van der Waals surface area contributed by atoms with Crippen LogP contribution >= 0.6 is 0 Å². The van der Waals surface area contributed by atoms with Gasteiger partial charge in [0.05, 0.1) is 11.5 Å². The van der Waals surface area contributed by atoms with Crippen molar-refractivity contribution in [3.8, 4) is 5.75 Å². The highest BCUT2D eigenvalue weighted by Crippen LogP contribution is 2.29. The maximum atomic E-state index is 12.6. The van der Waals surface area contributed by atoms with Crippen molar-refractivity contribution in [3.05, 3.63) is 23.8 Å². The fourth-order valence-electron chi connectivity index (χ4n) is 2.75. The van der Waals surface area contributed by atoms with E-state index in [4.69, 9.17) is 4.74 Å². The van der Waals surface area contributed by atoms with Gasteiger partial charge in [-0.05, 0) is 49.4 Å². The van der Waals surface area contributed by atoms with Crippen LogP contribution in [0.5, 0.6) is 5.75 Å². The number of rotatable bonds is 2. The van der Waals surface area contributed by atoms with E-state index in [1.165, 1.54) is 0 Å². The van der Waals surface area contributed by atoms with Crippen molar-refractivity contribution in [2.75, 3.05) is 19.7 Å². The van der Waals surface area contributed by atoms with E-state index in [-0.39, 0.29) is 0 Å². The molecular weight excluding hydrogens is 262 g/mol. The van der Waals surface area contributed by atoms with Crippen molar-refractivity contribution in [3.63, 3.8) is 0 Å². The third-order valence-electron chi connectivity index (χ3n) is 3.83. The van der Waals surface area contributed by atoms with E-state index in [1.807, 2.05) is 0 Å². The van der Waals surface area contributed by atoms with Crippen LogP contribution in [0.15, 0.2) is 23.1 Å². The molecule has 1 aromatic carbocycles. The van der Waals surface area contributed by atoms with Gasteiger partial charge in [0, 0.05) is 13.1 Å². The lowest BCUT2D eigenvalue weighted by atomic mass is 10.1. The maximum Gasteiger partial charge on any atom is 0.243 e. The summed E-state index contributed by atoms with van der Waals surface area (Å²) in [6.45, 7) is 2.02. The number of aryl methyl sites for hydroxylation is 1. The van der Waals surface area contributed by atoms with E-state index in [2.05, 4.69) is 0 Å². The molecule has 19 heavy (non-hydrogen) atoms. The monoisotopic (exact) mass is 281 g/mol. The molecule has 1 saturated heterocycles. The Kier molecular flexibility index (Phi) is 3.50. The van der Waals surface area contributed by atoms with Crippen LogP contribution in [0.3, 0.4) is 0 Å². The van der Waals surface area contributed by atoms with Crippen molar-refractivity contribution in [1.29, 1.82) is 0 Å². The molecule has 5 heteroatoms. The lowest BCUT2D eigenvalue weighted by molar-refractivity contribution is 0.288. The van der Waals surface area contributed by atoms with Crippen LogP contribution in [0, 0.1) is 0 Å². The minimum absolute atomic E-state index is 0.415. The highest BCUT2D eigenvalue weighted by atomic mass is 32.2. The van der Waals surface area contributed by atoms with Crippen molar-refractivity contribution >= 4 is 10.0 Å². The zero-order valence-corrected chi connectivity index (χ0v) is 11.8. The fraction of sp³-hybridized carbons (Fsp3) is 0.571. The molecule has 1 aromatic rings. The number of nitrogens with zero attached hydrogens (tertiary/aromatic N) is 1. The zero-order valence-electron chi connectivity index (χ0n) is 11.0. The Morgan fingerprint density at radius 1 is 1.05 bits per heavy atom. The minimum Gasteiger partial charge on any atom is -0.493 e. The molecule has 0 N–H and O–H groups in total. The Hall–Kier alpha value is -1.07. The Labute approximate surface area is 114 Å². The van der Waals surface area contributed by atoms with Crippen molar-refractivity contribution in [1.82, 2.24) is 4.31 Å². The van der Waals surface area contributed by atoms with E-state index >= 15 is 0 Å². The van der Waals surface area contributed by atoms with Gasteiger partial charge in [-0.15, -0.1) is 0 Å². The summed E-state index contributed by atoms with van der Waals surface area (Å²) >= 11 is 0. The molecule has 1 fully saturated rings. The van der Waals surface area contributed by atoms with Crippen molar-refractivity contribution < 1.29 is 13.2 Å². The minimum atomic E-state index is -3.32.